The molecule has 1 unspecified atom stereocenters. The topological polar surface area (TPSA) is 44.4 Å². The van der Waals surface area contributed by atoms with E-state index in [9.17, 15) is 4.79 Å². The van der Waals surface area contributed by atoms with Crippen molar-refractivity contribution in [2.24, 2.45) is 0 Å². The van der Waals surface area contributed by atoms with E-state index in [-0.39, 0.29) is 11.8 Å². The van der Waals surface area contributed by atoms with E-state index in [0.717, 1.165) is 17.7 Å². The first kappa shape index (κ1) is 16.1. The number of hydrogen-bond donors (Lipinski definition) is 0. The van der Waals surface area contributed by atoms with Crippen molar-refractivity contribution in [3.63, 3.8) is 0 Å². The van der Waals surface area contributed by atoms with Gasteiger partial charge < -0.3 is 9.15 Å². The molecule has 24 heavy (non-hydrogen) atoms. The summed E-state index contributed by atoms with van der Waals surface area (Å²) in [4.78, 5) is 12.4. The van der Waals surface area contributed by atoms with Gasteiger partial charge in [0.2, 0.25) is 0 Å². The lowest BCUT2D eigenvalue weighted by Crippen LogP contribution is -2.22. The number of benzene rings is 2. The molecule has 3 aromatic rings. The highest BCUT2D eigenvalue weighted by molar-refractivity contribution is 5.25. The lowest BCUT2D eigenvalue weighted by Gasteiger charge is -2.15. The summed E-state index contributed by atoms with van der Waals surface area (Å²) in [6, 6.07) is 20.0. The van der Waals surface area contributed by atoms with E-state index in [2.05, 4.69) is 12.1 Å². The highest BCUT2D eigenvalue weighted by atomic mass is 16.6. The largest absolute Gasteiger partial charge is 0.467 e. The van der Waals surface area contributed by atoms with Gasteiger partial charge in [-0.2, -0.15) is 0 Å². The van der Waals surface area contributed by atoms with Crippen molar-refractivity contribution < 1.29 is 9.15 Å². The van der Waals surface area contributed by atoms with E-state index < -0.39 is 0 Å². The van der Waals surface area contributed by atoms with Crippen LogP contribution in [-0.2, 0) is 12.8 Å². The summed E-state index contributed by atoms with van der Waals surface area (Å²) in [6.07, 6.45) is 1.49. The first-order valence-corrected chi connectivity index (χ1v) is 8.07. The van der Waals surface area contributed by atoms with Crippen LogP contribution in [-0.4, -0.2) is 11.7 Å². The molecular formula is C20H21NO3. The van der Waals surface area contributed by atoms with Crippen LogP contribution in [0.5, 0.6) is 5.95 Å². The van der Waals surface area contributed by atoms with Gasteiger partial charge in [0.25, 0.3) is 0 Å². The first-order chi connectivity index (χ1) is 11.7. The molecule has 0 saturated heterocycles. The van der Waals surface area contributed by atoms with Gasteiger partial charge in [-0.3, -0.25) is 4.57 Å². The molecule has 0 N–H and O–H groups in total. The average Bonchev–Trinajstić information content (AvgIpc) is 2.96. The van der Waals surface area contributed by atoms with Gasteiger partial charge in [0.15, 0.2) is 0 Å². The van der Waals surface area contributed by atoms with Crippen molar-refractivity contribution in [1.82, 2.24) is 4.57 Å². The fourth-order valence-electron chi connectivity index (χ4n) is 2.96. The quantitative estimate of drug-likeness (QED) is 0.692. The molecule has 0 aliphatic carbocycles. The maximum atomic E-state index is 12.4. The SMILES string of the molecule is COc1oc(=O)n(C(C)c2ccccc2)c1CCc1ccccc1. The standard InChI is InChI=1S/C20H21NO3/c1-15(17-11-7-4-8-12-17)21-18(19(23-2)24-20(21)22)14-13-16-9-5-3-6-10-16/h3-12,15H,13-14H2,1-2H3. The molecular weight excluding hydrogens is 302 g/mol. The highest BCUT2D eigenvalue weighted by Crippen LogP contribution is 2.25. The molecule has 0 aliphatic rings. The second-order valence-corrected chi connectivity index (χ2v) is 5.75. The second kappa shape index (κ2) is 7.21. The van der Waals surface area contributed by atoms with Crippen LogP contribution in [0.25, 0.3) is 0 Å². The third kappa shape index (κ3) is 3.27. The number of methoxy groups -OCH3 is 1. The summed E-state index contributed by atoms with van der Waals surface area (Å²) in [5.74, 6) is -0.0787. The van der Waals surface area contributed by atoms with Crippen molar-refractivity contribution in [2.75, 3.05) is 7.11 Å². The van der Waals surface area contributed by atoms with Crippen LogP contribution in [0.15, 0.2) is 69.9 Å². The zero-order valence-electron chi connectivity index (χ0n) is 13.9. The van der Waals surface area contributed by atoms with Gasteiger partial charge in [0.1, 0.15) is 5.69 Å². The van der Waals surface area contributed by atoms with Crippen LogP contribution < -0.4 is 10.5 Å². The average molecular weight is 323 g/mol. The molecule has 0 fully saturated rings. The van der Waals surface area contributed by atoms with E-state index in [1.54, 1.807) is 4.57 Å². The molecule has 4 heteroatoms. The molecule has 2 aromatic carbocycles. The predicted molar refractivity (Wildman–Crippen MR) is 93.6 cm³/mol. The van der Waals surface area contributed by atoms with Gasteiger partial charge in [-0.1, -0.05) is 60.7 Å². The van der Waals surface area contributed by atoms with Crippen molar-refractivity contribution in [2.45, 2.75) is 25.8 Å². The summed E-state index contributed by atoms with van der Waals surface area (Å²) in [5.41, 5.74) is 3.07. The molecule has 0 saturated carbocycles. The molecule has 3 rings (SSSR count). The van der Waals surface area contributed by atoms with Crippen LogP contribution in [0, 0.1) is 0 Å². The number of nitrogens with zero attached hydrogens (tertiary/aromatic N) is 1. The maximum absolute atomic E-state index is 12.4. The third-order valence-corrected chi connectivity index (χ3v) is 4.25. The van der Waals surface area contributed by atoms with Gasteiger partial charge in [-0.25, -0.2) is 4.79 Å². The summed E-state index contributed by atoms with van der Waals surface area (Å²) in [5, 5.41) is 0. The fraction of sp³-hybridized carbons (Fsp3) is 0.250. The van der Waals surface area contributed by atoms with Gasteiger partial charge in [-0.05, 0) is 30.9 Å². The Hall–Kier alpha value is -2.75. The molecule has 1 atom stereocenters. The van der Waals surface area contributed by atoms with Crippen LogP contribution in [0.1, 0.15) is 29.8 Å². The minimum atomic E-state index is -0.383. The van der Waals surface area contributed by atoms with Crippen LogP contribution >= 0.6 is 0 Å². The highest BCUT2D eigenvalue weighted by Gasteiger charge is 2.22. The predicted octanol–water partition coefficient (Wildman–Crippen LogP) is 3.84. The minimum absolute atomic E-state index is 0.114. The Morgan fingerprint density at radius 3 is 2.25 bits per heavy atom. The zero-order chi connectivity index (χ0) is 16.9. The lowest BCUT2D eigenvalue weighted by molar-refractivity contribution is 0.290. The van der Waals surface area contributed by atoms with Gasteiger partial charge in [0.05, 0.1) is 13.2 Å². The van der Waals surface area contributed by atoms with Crippen molar-refractivity contribution in [1.29, 1.82) is 0 Å². The van der Waals surface area contributed by atoms with Gasteiger partial charge >= 0.3 is 11.7 Å². The van der Waals surface area contributed by atoms with Crippen LogP contribution in [0.4, 0.5) is 0 Å². The Morgan fingerprint density at radius 2 is 1.62 bits per heavy atom. The van der Waals surface area contributed by atoms with Crippen molar-refractivity contribution >= 4 is 0 Å². The number of ether oxygens (including phenoxy) is 1. The fourth-order valence-corrected chi connectivity index (χ4v) is 2.96. The summed E-state index contributed by atoms with van der Waals surface area (Å²) >= 11 is 0. The Labute approximate surface area is 141 Å². The minimum Gasteiger partial charge on any atom is -0.467 e. The lowest BCUT2D eigenvalue weighted by atomic mass is 10.1. The number of aryl methyl sites for hydroxylation is 1. The van der Waals surface area contributed by atoms with Crippen LogP contribution in [0.3, 0.4) is 0 Å². The van der Waals surface area contributed by atoms with E-state index in [1.807, 2.05) is 55.5 Å². The molecule has 0 bridgehead atoms. The Bertz CT molecular complexity index is 834. The van der Waals surface area contributed by atoms with Crippen LogP contribution in [0.2, 0.25) is 0 Å². The van der Waals surface area contributed by atoms with Crippen molar-refractivity contribution in [3.8, 4) is 5.95 Å². The number of oxazole rings is 1. The second-order valence-electron chi connectivity index (χ2n) is 5.75. The van der Waals surface area contributed by atoms with E-state index in [1.165, 1.54) is 12.7 Å². The number of rotatable bonds is 6. The van der Waals surface area contributed by atoms with Crippen molar-refractivity contribution in [3.05, 3.63) is 88.0 Å². The molecule has 0 radical (unpaired) electrons. The Balaban J connectivity index is 1.94. The smallest absolute Gasteiger partial charge is 0.422 e. The van der Waals surface area contributed by atoms with Gasteiger partial charge in [0, 0.05) is 0 Å². The monoisotopic (exact) mass is 323 g/mol. The molecule has 1 heterocycles. The van der Waals surface area contributed by atoms with E-state index in [4.69, 9.17) is 9.15 Å². The normalized spacial score (nSPS) is 12.1. The summed E-state index contributed by atoms with van der Waals surface area (Å²) in [6.45, 7) is 2.00. The maximum Gasteiger partial charge on any atom is 0.422 e. The van der Waals surface area contributed by atoms with E-state index >= 15 is 0 Å². The third-order valence-electron chi connectivity index (χ3n) is 4.25. The molecule has 1 aromatic heterocycles. The summed E-state index contributed by atoms with van der Waals surface area (Å²) in [7, 11) is 1.53. The first-order valence-electron chi connectivity index (χ1n) is 8.07. The molecule has 4 nitrogen and oxygen atoms in total. The molecule has 0 spiro atoms. The van der Waals surface area contributed by atoms with E-state index in [0.29, 0.717) is 12.4 Å². The molecule has 124 valence electrons. The zero-order valence-corrected chi connectivity index (χ0v) is 13.9. The number of hydrogen-bond acceptors (Lipinski definition) is 3. The Morgan fingerprint density at radius 1 is 1.00 bits per heavy atom. The summed E-state index contributed by atoms with van der Waals surface area (Å²) < 4.78 is 12.3. The molecule has 0 amide bonds. The van der Waals surface area contributed by atoms with Gasteiger partial charge in [-0.15, -0.1) is 0 Å². The Kier molecular flexibility index (Phi) is 4.85. The molecule has 0 aliphatic heterocycles. The number of aromatic nitrogens is 1.